The van der Waals surface area contributed by atoms with E-state index in [0.717, 1.165) is 5.56 Å². The largest absolute Gasteiger partial charge is 0.390 e. The van der Waals surface area contributed by atoms with Crippen LogP contribution in [-0.4, -0.2) is 18.6 Å². The topological polar surface area (TPSA) is 12.0 Å². The average Bonchev–Trinajstić information content (AvgIpc) is 2.24. The molecule has 1 atom stereocenters. The number of alkyl halides is 4. The third-order valence-electron chi connectivity index (χ3n) is 2.16. The molecule has 0 saturated carbocycles. The minimum atomic E-state index is -4.12. The highest BCUT2D eigenvalue weighted by molar-refractivity contribution is 6.18. The molecule has 0 fully saturated rings. The molecule has 0 amide bonds. The van der Waals surface area contributed by atoms with Crippen LogP contribution in [0.5, 0.6) is 0 Å². The maximum atomic E-state index is 11.9. The Hall–Kier alpha value is -0.740. The van der Waals surface area contributed by atoms with E-state index in [1.165, 1.54) is 0 Å². The van der Waals surface area contributed by atoms with Gasteiger partial charge in [0, 0.05) is 18.5 Å². The molecule has 1 aromatic carbocycles. The van der Waals surface area contributed by atoms with Gasteiger partial charge >= 0.3 is 6.18 Å². The third kappa shape index (κ3) is 4.86. The lowest BCUT2D eigenvalue weighted by atomic mass is 10.1. The predicted octanol–water partition coefficient (Wildman–Crippen LogP) is 3.51. The van der Waals surface area contributed by atoms with Gasteiger partial charge in [0.1, 0.15) is 0 Å². The number of nitrogens with one attached hydrogen (secondary N) is 1. The molecule has 1 N–H and O–H groups in total. The van der Waals surface area contributed by atoms with Crippen molar-refractivity contribution < 1.29 is 13.2 Å². The molecule has 90 valence electrons. The highest BCUT2D eigenvalue weighted by Gasteiger charge is 2.26. The fourth-order valence-electron chi connectivity index (χ4n) is 1.33. The molecule has 0 aliphatic carbocycles. The molecule has 1 nitrogen and oxygen atoms in total. The normalized spacial score (nSPS) is 13.8. The average molecular weight is 252 g/mol. The van der Waals surface area contributed by atoms with Crippen molar-refractivity contribution in [1.29, 1.82) is 0 Å². The first kappa shape index (κ1) is 13.3. The van der Waals surface area contributed by atoms with Crippen molar-refractivity contribution in [2.24, 2.45) is 0 Å². The van der Waals surface area contributed by atoms with Crippen molar-refractivity contribution in [1.82, 2.24) is 5.32 Å². The van der Waals surface area contributed by atoms with Gasteiger partial charge in [0.15, 0.2) is 0 Å². The molecule has 5 heteroatoms. The van der Waals surface area contributed by atoms with E-state index >= 15 is 0 Å². The van der Waals surface area contributed by atoms with Crippen molar-refractivity contribution >= 4 is 11.6 Å². The zero-order chi connectivity index (χ0) is 12.0. The third-order valence-corrected chi connectivity index (χ3v) is 2.46. The molecular formula is C11H13ClF3N. The summed E-state index contributed by atoms with van der Waals surface area (Å²) in [4.78, 5) is 0. The van der Waals surface area contributed by atoms with E-state index in [2.05, 4.69) is 5.32 Å². The van der Waals surface area contributed by atoms with Crippen LogP contribution in [-0.2, 0) is 0 Å². The van der Waals surface area contributed by atoms with Gasteiger partial charge < -0.3 is 5.32 Å². The quantitative estimate of drug-likeness (QED) is 0.790. The number of halogens is 4. The van der Waals surface area contributed by atoms with E-state index in [-0.39, 0.29) is 18.5 Å². The first-order valence-corrected chi connectivity index (χ1v) is 5.47. The summed E-state index contributed by atoms with van der Waals surface area (Å²) < 4.78 is 35.8. The number of rotatable bonds is 5. The van der Waals surface area contributed by atoms with Crippen LogP contribution in [0, 0.1) is 0 Å². The van der Waals surface area contributed by atoms with Gasteiger partial charge in [-0.15, -0.1) is 11.6 Å². The molecule has 16 heavy (non-hydrogen) atoms. The Balaban J connectivity index is 2.45. The molecule has 0 aromatic heterocycles. The molecule has 0 radical (unpaired) electrons. The van der Waals surface area contributed by atoms with Crippen LogP contribution in [0.15, 0.2) is 30.3 Å². The fraction of sp³-hybridized carbons (Fsp3) is 0.455. The summed E-state index contributed by atoms with van der Waals surface area (Å²) in [6, 6.07) is 8.97. The summed E-state index contributed by atoms with van der Waals surface area (Å²) in [7, 11) is 0. The Morgan fingerprint density at radius 3 is 2.31 bits per heavy atom. The molecule has 0 aliphatic rings. The summed E-state index contributed by atoms with van der Waals surface area (Å²) in [6.07, 6.45) is -4.96. The van der Waals surface area contributed by atoms with E-state index in [1.54, 1.807) is 0 Å². The summed E-state index contributed by atoms with van der Waals surface area (Å²) in [5.41, 5.74) is 0.902. The second-order valence-electron chi connectivity index (χ2n) is 3.44. The van der Waals surface area contributed by atoms with E-state index in [1.807, 2.05) is 30.3 Å². The monoisotopic (exact) mass is 251 g/mol. The summed E-state index contributed by atoms with van der Waals surface area (Å²) in [5.74, 6) is 0.252. The van der Waals surface area contributed by atoms with Gasteiger partial charge in [0.25, 0.3) is 0 Å². The lowest BCUT2D eigenvalue weighted by molar-refractivity contribution is -0.133. The summed E-state index contributed by atoms with van der Waals surface area (Å²) >= 11 is 5.71. The standard InChI is InChI=1S/C11H13ClF3N/c12-8-10(9-4-2-1-3-5-9)16-7-6-11(13,14)15/h1-5,10,16H,6-8H2. The molecule has 0 spiro atoms. The SMILES string of the molecule is FC(F)(F)CCNC(CCl)c1ccccc1. The van der Waals surface area contributed by atoms with Crippen LogP contribution in [0.1, 0.15) is 18.0 Å². The van der Waals surface area contributed by atoms with Crippen LogP contribution in [0.2, 0.25) is 0 Å². The molecule has 0 bridgehead atoms. The molecule has 0 aliphatic heterocycles. The summed E-state index contributed by atoms with van der Waals surface area (Å²) in [6.45, 7) is -0.115. The zero-order valence-corrected chi connectivity index (χ0v) is 9.35. The van der Waals surface area contributed by atoms with Crippen molar-refractivity contribution in [3.8, 4) is 0 Å². The number of hydrogen-bond acceptors (Lipinski definition) is 1. The Kier molecular flexibility index (Phi) is 5.09. The van der Waals surface area contributed by atoms with Gasteiger partial charge in [0.2, 0.25) is 0 Å². The van der Waals surface area contributed by atoms with E-state index in [9.17, 15) is 13.2 Å². The van der Waals surface area contributed by atoms with Gasteiger partial charge in [-0.2, -0.15) is 13.2 Å². The van der Waals surface area contributed by atoms with E-state index in [0.29, 0.717) is 0 Å². The van der Waals surface area contributed by atoms with Crippen molar-refractivity contribution in [3.63, 3.8) is 0 Å². The Morgan fingerprint density at radius 2 is 1.81 bits per heavy atom. The Morgan fingerprint density at radius 1 is 1.19 bits per heavy atom. The highest BCUT2D eigenvalue weighted by Crippen LogP contribution is 2.20. The minimum Gasteiger partial charge on any atom is -0.309 e. The van der Waals surface area contributed by atoms with Crippen molar-refractivity contribution in [3.05, 3.63) is 35.9 Å². The minimum absolute atomic E-state index is 0.115. The second kappa shape index (κ2) is 6.11. The van der Waals surface area contributed by atoms with Crippen molar-refractivity contribution in [2.75, 3.05) is 12.4 Å². The van der Waals surface area contributed by atoms with Crippen molar-refractivity contribution in [2.45, 2.75) is 18.6 Å². The van der Waals surface area contributed by atoms with Gasteiger partial charge in [-0.1, -0.05) is 30.3 Å². The van der Waals surface area contributed by atoms with Crippen LogP contribution < -0.4 is 5.32 Å². The van der Waals surface area contributed by atoms with Gasteiger partial charge in [-0.25, -0.2) is 0 Å². The van der Waals surface area contributed by atoms with E-state index < -0.39 is 12.6 Å². The molecule has 0 heterocycles. The lowest BCUT2D eigenvalue weighted by Crippen LogP contribution is -2.27. The second-order valence-corrected chi connectivity index (χ2v) is 3.75. The maximum absolute atomic E-state index is 11.9. The Bertz CT molecular complexity index is 300. The molecule has 1 rings (SSSR count). The van der Waals surface area contributed by atoms with Gasteiger partial charge in [-0.05, 0) is 5.56 Å². The smallest absolute Gasteiger partial charge is 0.309 e. The van der Waals surface area contributed by atoms with Crippen LogP contribution in [0.3, 0.4) is 0 Å². The fourth-order valence-corrected chi connectivity index (χ4v) is 1.62. The molecule has 0 saturated heterocycles. The molecular weight excluding hydrogens is 239 g/mol. The van der Waals surface area contributed by atoms with Crippen LogP contribution in [0.4, 0.5) is 13.2 Å². The predicted molar refractivity (Wildman–Crippen MR) is 58.6 cm³/mol. The van der Waals surface area contributed by atoms with Crippen LogP contribution >= 0.6 is 11.6 Å². The Labute approximate surface area is 97.6 Å². The first-order valence-electron chi connectivity index (χ1n) is 4.94. The number of benzene rings is 1. The highest BCUT2D eigenvalue weighted by atomic mass is 35.5. The molecule has 1 unspecified atom stereocenters. The number of hydrogen-bond donors (Lipinski definition) is 1. The summed E-state index contributed by atoms with van der Waals surface area (Å²) in [5, 5.41) is 2.79. The van der Waals surface area contributed by atoms with Crippen LogP contribution in [0.25, 0.3) is 0 Å². The van der Waals surface area contributed by atoms with Gasteiger partial charge in [-0.3, -0.25) is 0 Å². The molecule has 1 aromatic rings. The lowest BCUT2D eigenvalue weighted by Gasteiger charge is -2.17. The zero-order valence-electron chi connectivity index (χ0n) is 8.60. The van der Waals surface area contributed by atoms with Gasteiger partial charge in [0.05, 0.1) is 6.42 Å². The first-order chi connectivity index (χ1) is 7.53. The maximum Gasteiger partial charge on any atom is 0.390 e. The van der Waals surface area contributed by atoms with E-state index in [4.69, 9.17) is 11.6 Å².